The van der Waals surface area contributed by atoms with Gasteiger partial charge in [0.25, 0.3) is 5.69 Å². The van der Waals surface area contributed by atoms with Crippen LogP contribution in [-0.4, -0.2) is 15.9 Å². The van der Waals surface area contributed by atoms with E-state index >= 15 is 0 Å². The maximum absolute atomic E-state index is 11.8. The van der Waals surface area contributed by atoms with Crippen LogP contribution in [-0.2, 0) is 4.79 Å². The van der Waals surface area contributed by atoms with Crippen LogP contribution in [0.15, 0.2) is 54.6 Å². The minimum Gasteiger partial charge on any atom is -0.332 e. The number of amides is 1. The Bertz CT molecular complexity index is 801. The smallest absolute Gasteiger partial charge is 0.270 e. The molecule has 0 saturated carbocycles. The topological polar surface area (TPSA) is 84.3 Å². The number of nitro groups is 1. The van der Waals surface area contributed by atoms with E-state index in [0.29, 0.717) is 5.56 Å². The number of nitrogens with one attached hydrogen (secondary N) is 2. The number of rotatable bonds is 4. The van der Waals surface area contributed by atoms with Gasteiger partial charge in [-0.1, -0.05) is 29.8 Å². The third-order valence-corrected chi connectivity index (χ3v) is 3.26. The fourth-order valence-electron chi connectivity index (χ4n) is 1.87. The van der Waals surface area contributed by atoms with Gasteiger partial charge >= 0.3 is 0 Å². The molecule has 0 atom stereocenters. The first kappa shape index (κ1) is 17.3. The molecule has 1 amide bonds. The van der Waals surface area contributed by atoms with Gasteiger partial charge in [0.05, 0.1) is 4.92 Å². The first-order chi connectivity index (χ1) is 11.4. The van der Waals surface area contributed by atoms with Crippen LogP contribution in [0.1, 0.15) is 11.1 Å². The number of benzene rings is 2. The number of carbonyl (C=O) groups excluding carboxylic acids is 1. The van der Waals surface area contributed by atoms with E-state index in [1.165, 1.54) is 24.3 Å². The zero-order chi connectivity index (χ0) is 17.5. The highest BCUT2D eigenvalue weighted by Gasteiger charge is 2.05. The van der Waals surface area contributed by atoms with E-state index in [1.807, 2.05) is 31.2 Å². The Hall–Kier alpha value is -3.06. The summed E-state index contributed by atoms with van der Waals surface area (Å²) in [6, 6.07) is 13.5. The van der Waals surface area contributed by atoms with Crippen LogP contribution in [0.5, 0.6) is 0 Å². The molecule has 122 valence electrons. The molecule has 0 spiro atoms. The predicted octanol–water partition coefficient (Wildman–Crippen LogP) is 3.43. The van der Waals surface area contributed by atoms with Gasteiger partial charge in [-0.25, -0.2) is 0 Å². The van der Waals surface area contributed by atoms with E-state index < -0.39 is 10.8 Å². The maximum atomic E-state index is 11.8. The molecule has 0 aromatic heterocycles. The number of nitro benzene ring substituents is 1. The van der Waals surface area contributed by atoms with Crippen molar-refractivity contribution >= 4 is 40.7 Å². The number of hydrogen-bond donors (Lipinski definition) is 2. The lowest BCUT2D eigenvalue weighted by Crippen LogP contribution is -2.32. The lowest BCUT2D eigenvalue weighted by atomic mass is 10.2. The van der Waals surface area contributed by atoms with Crippen LogP contribution in [0, 0.1) is 17.0 Å². The van der Waals surface area contributed by atoms with Crippen molar-refractivity contribution in [3.05, 3.63) is 75.8 Å². The second-order valence-corrected chi connectivity index (χ2v) is 5.40. The Morgan fingerprint density at radius 3 is 2.58 bits per heavy atom. The number of anilines is 1. The van der Waals surface area contributed by atoms with Gasteiger partial charge in [0.1, 0.15) is 0 Å². The lowest BCUT2D eigenvalue weighted by molar-refractivity contribution is -0.384. The first-order valence-electron chi connectivity index (χ1n) is 7.05. The molecular weight excluding hydrogens is 326 g/mol. The number of hydrogen-bond acceptors (Lipinski definition) is 4. The highest BCUT2D eigenvalue weighted by molar-refractivity contribution is 7.80. The average molecular weight is 341 g/mol. The first-order valence-corrected chi connectivity index (χ1v) is 7.46. The molecule has 7 heteroatoms. The van der Waals surface area contributed by atoms with Gasteiger partial charge in [-0.05, 0) is 42.9 Å². The summed E-state index contributed by atoms with van der Waals surface area (Å²) in [5.74, 6) is -0.425. The standard InChI is InChI=1S/C17H15N3O3S/c1-12-5-8-14(9-6-12)18-17(24)19-16(21)10-7-13-3-2-4-15(11-13)20(22)23/h2-11H,1H3,(H2,18,19,21,24). The van der Waals surface area contributed by atoms with Crippen molar-refractivity contribution < 1.29 is 9.72 Å². The van der Waals surface area contributed by atoms with Crippen molar-refractivity contribution in [2.75, 3.05) is 5.32 Å². The van der Waals surface area contributed by atoms with Crippen molar-refractivity contribution in [1.29, 1.82) is 0 Å². The molecule has 24 heavy (non-hydrogen) atoms. The van der Waals surface area contributed by atoms with Crippen LogP contribution in [0.25, 0.3) is 6.08 Å². The molecule has 2 aromatic rings. The number of carbonyl (C=O) groups is 1. The molecule has 0 radical (unpaired) electrons. The number of thiocarbonyl (C=S) groups is 1. The number of non-ortho nitro benzene ring substituents is 1. The second-order valence-electron chi connectivity index (χ2n) is 4.99. The van der Waals surface area contributed by atoms with Gasteiger partial charge in [-0.15, -0.1) is 0 Å². The van der Waals surface area contributed by atoms with E-state index in [0.717, 1.165) is 11.3 Å². The van der Waals surface area contributed by atoms with Crippen molar-refractivity contribution in [3.8, 4) is 0 Å². The minimum absolute atomic E-state index is 0.0332. The monoisotopic (exact) mass is 341 g/mol. The summed E-state index contributed by atoms with van der Waals surface area (Å²) in [4.78, 5) is 22.1. The Morgan fingerprint density at radius 1 is 1.21 bits per heavy atom. The molecular formula is C17H15N3O3S. The van der Waals surface area contributed by atoms with Gasteiger partial charge in [0, 0.05) is 23.9 Å². The van der Waals surface area contributed by atoms with Crippen LogP contribution in [0.2, 0.25) is 0 Å². The largest absolute Gasteiger partial charge is 0.332 e. The van der Waals surface area contributed by atoms with Crippen molar-refractivity contribution in [2.45, 2.75) is 6.92 Å². The normalized spacial score (nSPS) is 10.4. The zero-order valence-corrected chi connectivity index (χ0v) is 13.7. The molecule has 0 fully saturated rings. The summed E-state index contributed by atoms with van der Waals surface area (Å²) in [7, 11) is 0. The Labute approximate surface area is 144 Å². The van der Waals surface area contributed by atoms with Crippen molar-refractivity contribution in [2.24, 2.45) is 0 Å². The number of nitrogens with zero attached hydrogens (tertiary/aromatic N) is 1. The second kappa shape index (κ2) is 7.98. The predicted molar refractivity (Wildman–Crippen MR) is 97.7 cm³/mol. The molecule has 0 unspecified atom stereocenters. The summed E-state index contributed by atoms with van der Waals surface area (Å²) >= 11 is 5.06. The number of aryl methyl sites for hydroxylation is 1. The average Bonchev–Trinajstić information content (AvgIpc) is 2.55. The third kappa shape index (κ3) is 5.29. The highest BCUT2D eigenvalue weighted by atomic mass is 32.1. The van der Waals surface area contributed by atoms with Gasteiger partial charge in [0.2, 0.25) is 5.91 Å². The highest BCUT2D eigenvalue weighted by Crippen LogP contribution is 2.14. The minimum atomic E-state index is -0.488. The molecule has 2 N–H and O–H groups in total. The molecule has 0 aliphatic carbocycles. The SMILES string of the molecule is Cc1ccc(NC(=S)NC(=O)C=Cc2cccc([N+](=O)[O-])c2)cc1. The molecule has 6 nitrogen and oxygen atoms in total. The van der Waals surface area contributed by atoms with Gasteiger partial charge in [-0.3, -0.25) is 20.2 Å². The van der Waals surface area contributed by atoms with E-state index in [-0.39, 0.29) is 10.8 Å². The van der Waals surface area contributed by atoms with E-state index in [9.17, 15) is 14.9 Å². The van der Waals surface area contributed by atoms with E-state index in [1.54, 1.807) is 12.1 Å². The van der Waals surface area contributed by atoms with Gasteiger partial charge in [0.15, 0.2) is 5.11 Å². The molecule has 0 saturated heterocycles. The van der Waals surface area contributed by atoms with Crippen LogP contribution >= 0.6 is 12.2 Å². The van der Waals surface area contributed by atoms with Crippen LogP contribution in [0.3, 0.4) is 0 Å². The van der Waals surface area contributed by atoms with E-state index in [2.05, 4.69) is 10.6 Å². The van der Waals surface area contributed by atoms with Crippen molar-refractivity contribution in [1.82, 2.24) is 5.32 Å². The summed E-state index contributed by atoms with van der Waals surface area (Å²) in [6.07, 6.45) is 2.75. The van der Waals surface area contributed by atoms with Gasteiger partial charge in [-0.2, -0.15) is 0 Å². The lowest BCUT2D eigenvalue weighted by Gasteiger charge is -2.08. The molecule has 0 bridgehead atoms. The summed E-state index contributed by atoms with van der Waals surface area (Å²) in [6.45, 7) is 1.97. The van der Waals surface area contributed by atoms with Crippen LogP contribution < -0.4 is 10.6 Å². The van der Waals surface area contributed by atoms with Crippen LogP contribution in [0.4, 0.5) is 11.4 Å². The van der Waals surface area contributed by atoms with E-state index in [4.69, 9.17) is 12.2 Å². The molecule has 0 aliphatic heterocycles. The quantitative estimate of drug-likeness (QED) is 0.385. The zero-order valence-electron chi connectivity index (χ0n) is 12.9. The molecule has 2 aromatic carbocycles. The Morgan fingerprint density at radius 2 is 1.92 bits per heavy atom. The van der Waals surface area contributed by atoms with Crippen molar-refractivity contribution in [3.63, 3.8) is 0 Å². The Kier molecular flexibility index (Phi) is 5.75. The summed E-state index contributed by atoms with van der Waals surface area (Å²) in [5, 5.41) is 16.3. The summed E-state index contributed by atoms with van der Waals surface area (Å²) in [5.41, 5.74) is 2.41. The fourth-order valence-corrected chi connectivity index (χ4v) is 2.09. The van der Waals surface area contributed by atoms with Gasteiger partial charge < -0.3 is 5.32 Å². The Balaban J connectivity index is 1.92. The molecule has 2 rings (SSSR count). The third-order valence-electron chi connectivity index (χ3n) is 3.05. The fraction of sp³-hybridized carbons (Fsp3) is 0.0588. The maximum Gasteiger partial charge on any atom is 0.270 e. The molecule has 0 aliphatic rings. The molecule has 0 heterocycles. The summed E-state index contributed by atoms with van der Waals surface area (Å²) < 4.78 is 0.